The Morgan fingerprint density at radius 1 is 1.45 bits per heavy atom. The van der Waals surface area contributed by atoms with Crippen LogP contribution in [0.15, 0.2) is 24.4 Å². The number of morpholine rings is 1. The number of ether oxygens (including phenoxy) is 1. The Bertz CT molecular complexity index is 678. The van der Waals surface area contributed by atoms with Crippen molar-refractivity contribution >= 4 is 17.0 Å². The maximum Gasteiger partial charge on any atom is 0.338 e. The van der Waals surface area contributed by atoms with Crippen molar-refractivity contribution in [2.75, 3.05) is 51.8 Å². The lowest BCUT2D eigenvalue weighted by molar-refractivity contribution is -0.915. The number of aromatic nitrogens is 2. The lowest BCUT2D eigenvalue weighted by Crippen LogP contribution is -2.53. The minimum absolute atomic E-state index is 0.0326. The third-order valence-electron chi connectivity index (χ3n) is 4.19. The van der Waals surface area contributed by atoms with Crippen molar-refractivity contribution in [3.05, 3.63) is 34.5 Å². The zero-order valence-electron chi connectivity index (χ0n) is 12.6. The van der Waals surface area contributed by atoms with Crippen LogP contribution in [0.3, 0.4) is 0 Å². The fourth-order valence-electron chi connectivity index (χ4n) is 2.74. The molecule has 1 fully saturated rings. The second-order valence-electron chi connectivity index (χ2n) is 5.81. The van der Waals surface area contributed by atoms with Gasteiger partial charge in [0.05, 0.1) is 38.3 Å². The number of fused-ring (bicyclic) bond motifs is 1. The number of nitrogens with zero attached hydrogens (tertiary/aromatic N) is 4. The van der Waals surface area contributed by atoms with Crippen molar-refractivity contribution in [3.8, 4) is 0 Å². The van der Waals surface area contributed by atoms with Crippen molar-refractivity contribution in [1.82, 2.24) is 9.61 Å². The van der Waals surface area contributed by atoms with E-state index in [2.05, 4.69) is 17.5 Å². The summed E-state index contributed by atoms with van der Waals surface area (Å²) in [5.41, 5.74) is 0.534. The number of likely N-dealkylation sites (N-methyl/N-ethyl adjacent to an activating group) is 1. The molecule has 2 aromatic heterocycles. The van der Waals surface area contributed by atoms with Gasteiger partial charge in [0.1, 0.15) is 18.6 Å². The number of quaternary nitrogens is 1. The number of pyridine rings is 1. The van der Waals surface area contributed by atoms with Gasteiger partial charge in [-0.2, -0.15) is 0 Å². The molecule has 8 nitrogen and oxygen atoms in total. The third-order valence-corrected chi connectivity index (χ3v) is 4.19. The quantitative estimate of drug-likeness (QED) is 0.509. The van der Waals surface area contributed by atoms with Gasteiger partial charge >= 0.3 is 5.69 Å². The number of anilines is 1. The van der Waals surface area contributed by atoms with Gasteiger partial charge in [-0.25, -0.2) is 4.52 Å². The van der Waals surface area contributed by atoms with Crippen LogP contribution in [0.2, 0.25) is 0 Å². The molecule has 0 radical (unpaired) electrons. The van der Waals surface area contributed by atoms with E-state index in [0.29, 0.717) is 17.9 Å². The van der Waals surface area contributed by atoms with Crippen molar-refractivity contribution in [2.24, 2.45) is 0 Å². The van der Waals surface area contributed by atoms with Crippen molar-refractivity contribution < 1.29 is 14.1 Å². The van der Waals surface area contributed by atoms with E-state index in [4.69, 9.17) is 4.74 Å². The smallest absolute Gasteiger partial charge is 0.338 e. The first-order valence-electron chi connectivity index (χ1n) is 7.36. The molecule has 118 valence electrons. The molecular formula is C14H20N5O3+. The van der Waals surface area contributed by atoms with Gasteiger partial charge in [-0.1, -0.05) is 6.07 Å². The van der Waals surface area contributed by atoms with Crippen molar-refractivity contribution in [2.45, 2.75) is 0 Å². The minimum atomic E-state index is -0.379. The highest BCUT2D eigenvalue weighted by Crippen LogP contribution is 2.28. The Labute approximate surface area is 128 Å². The molecule has 1 saturated heterocycles. The maximum atomic E-state index is 11.3. The molecule has 0 amide bonds. The average Bonchev–Trinajstić information content (AvgIpc) is 2.86. The molecule has 0 aliphatic carbocycles. The molecule has 3 rings (SSSR count). The molecule has 0 atom stereocenters. The summed E-state index contributed by atoms with van der Waals surface area (Å²) in [5.74, 6) is 0.330. The first kappa shape index (κ1) is 14.7. The number of nitro groups is 1. The lowest BCUT2D eigenvalue weighted by Gasteiger charge is -2.37. The summed E-state index contributed by atoms with van der Waals surface area (Å²) in [6, 6.07) is 5.27. The van der Waals surface area contributed by atoms with Crippen LogP contribution in [0, 0.1) is 10.1 Å². The predicted octanol–water partition coefficient (Wildman–Crippen LogP) is 1.13. The molecule has 1 N–H and O–H groups in total. The van der Waals surface area contributed by atoms with Crippen LogP contribution in [-0.2, 0) is 4.74 Å². The Morgan fingerprint density at radius 3 is 2.95 bits per heavy atom. The Kier molecular flexibility index (Phi) is 3.95. The largest absolute Gasteiger partial charge is 0.370 e. The molecular weight excluding hydrogens is 286 g/mol. The summed E-state index contributed by atoms with van der Waals surface area (Å²) in [6.45, 7) is 5.00. The first-order chi connectivity index (χ1) is 10.6. The van der Waals surface area contributed by atoms with Crippen LogP contribution >= 0.6 is 0 Å². The van der Waals surface area contributed by atoms with Crippen LogP contribution in [-0.4, -0.2) is 65.5 Å². The van der Waals surface area contributed by atoms with Crippen molar-refractivity contribution in [3.63, 3.8) is 0 Å². The van der Waals surface area contributed by atoms with Gasteiger partial charge in [-0.3, -0.25) is 10.1 Å². The van der Waals surface area contributed by atoms with E-state index >= 15 is 0 Å². The van der Waals surface area contributed by atoms with Gasteiger partial charge in [-0.05, 0) is 12.1 Å². The van der Waals surface area contributed by atoms with E-state index in [1.807, 2.05) is 0 Å². The van der Waals surface area contributed by atoms with Gasteiger partial charge in [0.15, 0.2) is 0 Å². The molecule has 0 unspecified atom stereocenters. The van der Waals surface area contributed by atoms with Crippen LogP contribution in [0.25, 0.3) is 5.52 Å². The number of nitrogens with one attached hydrogen (secondary N) is 1. The summed E-state index contributed by atoms with van der Waals surface area (Å²) in [4.78, 5) is 10.9. The zero-order valence-corrected chi connectivity index (χ0v) is 12.6. The summed E-state index contributed by atoms with van der Waals surface area (Å²) in [7, 11) is 2.18. The summed E-state index contributed by atoms with van der Waals surface area (Å²) in [5, 5.41) is 18.7. The van der Waals surface area contributed by atoms with E-state index in [0.717, 1.165) is 37.3 Å². The normalized spacial score (nSPS) is 17.5. The van der Waals surface area contributed by atoms with E-state index in [-0.39, 0.29) is 10.6 Å². The topological polar surface area (TPSA) is 81.7 Å². The highest BCUT2D eigenvalue weighted by Gasteiger charge is 2.26. The van der Waals surface area contributed by atoms with Gasteiger partial charge in [0.2, 0.25) is 5.82 Å². The van der Waals surface area contributed by atoms with Crippen molar-refractivity contribution in [1.29, 1.82) is 0 Å². The highest BCUT2D eigenvalue weighted by atomic mass is 16.6. The fraction of sp³-hybridized carbons (Fsp3) is 0.500. The molecule has 2 aromatic rings. The number of hydrogen-bond donors (Lipinski definition) is 1. The Morgan fingerprint density at radius 2 is 2.23 bits per heavy atom. The van der Waals surface area contributed by atoms with Gasteiger partial charge < -0.3 is 14.5 Å². The Balaban J connectivity index is 1.73. The third kappa shape index (κ3) is 2.88. The van der Waals surface area contributed by atoms with Crippen LogP contribution in [0.1, 0.15) is 0 Å². The second-order valence-corrected chi connectivity index (χ2v) is 5.81. The molecule has 8 heteroatoms. The minimum Gasteiger partial charge on any atom is -0.370 e. The monoisotopic (exact) mass is 306 g/mol. The fourth-order valence-corrected chi connectivity index (χ4v) is 2.74. The number of rotatable bonds is 5. The first-order valence-corrected chi connectivity index (χ1v) is 7.36. The molecule has 0 bridgehead atoms. The molecule has 0 saturated carbocycles. The molecule has 1 aliphatic heterocycles. The molecule has 0 aromatic carbocycles. The highest BCUT2D eigenvalue weighted by molar-refractivity contribution is 5.76. The Hall–Kier alpha value is -2.19. The van der Waals surface area contributed by atoms with Crippen LogP contribution in [0.5, 0.6) is 0 Å². The molecule has 0 spiro atoms. The number of hydrogen-bond acceptors (Lipinski definition) is 5. The van der Waals surface area contributed by atoms with E-state index in [9.17, 15) is 10.1 Å². The molecule has 1 aliphatic rings. The molecule has 3 heterocycles. The summed E-state index contributed by atoms with van der Waals surface area (Å²) in [6.07, 6.45) is 1.71. The summed E-state index contributed by atoms with van der Waals surface area (Å²) < 4.78 is 7.82. The lowest BCUT2D eigenvalue weighted by atomic mass is 10.3. The van der Waals surface area contributed by atoms with E-state index in [1.54, 1.807) is 24.4 Å². The van der Waals surface area contributed by atoms with Gasteiger partial charge in [-0.15, -0.1) is 5.10 Å². The SMILES string of the molecule is C[N+]1(CCNc2nn3ccccc3c2[N+](=O)[O-])CCOCC1. The molecule has 22 heavy (non-hydrogen) atoms. The maximum absolute atomic E-state index is 11.3. The van der Waals surface area contributed by atoms with E-state index < -0.39 is 0 Å². The zero-order chi connectivity index (χ0) is 15.6. The predicted molar refractivity (Wildman–Crippen MR) is 81.9 cm³/mol. The average molecular weight is 306 g/mol. The van der Waals surface area contributed by atoms with Crippen LogP contribution < -0.4 is 5.32 Å². The summed E-state index contributed by atoms with van der Waals surface area (Å²) >= 11 is 0. The van der Waals surface area contributed by atoms with Crippen LogP contribution in [0.4, 0.5) is 11.5 Å². The van der Waals surface area contributed by atoms with E-state index in [1.165, 1.54) is 4.52 Å². The second kappa shape index (κ2) is 5.90. The van der Waals surface area contributed by atoms with Gasteiger partial charge in [0, 0.05) is 6.20 Å². The van der Waals surface area contributed by atoms with Gasteiger partial charge in [0.25, 0.3) is 0 Å². The standard InChI is InChI=1S/C14H20N5O3/c1-19(8-10-22-11-9-19)7-5-15-14-13(18(20)21)12-4-2-3-6-17(12)16-14/h2-4,6H,5,7-11H2,1H3,(H,15,16)/q+1.